The van der Waals surface area contributed by atoms with E-state index in [0.29, 0.717) is 25.1 Å². The van der Waals surface area contributed by atoms with Gasteiger partial charge < -0.3 is 15.2 Å². The van der Waals surface area contributed by atoms with Gasteiger partial charge in [0.1, 0.15) is 5.75 Å². The second-order valence-corrected chi connectivity index (χ2v) is 4.01. The molecular formula is C12H16F3NO2. The molecule has 0 radical (unpaired) electrons. The lowest BCUT2D eigenvalue weighted by atomic mass is 10.2. The van der Waals surface area contributed by atoms with Crippen molar-refractivity contribution in [3.05, 3.63) is 29.8 Å². The summed E-state index contributed by atoms with van der Waals surface area (Å²) in [6.07, 6.45) is -4.46. The van der Waals surface area contributed by atoms with Gasteiger partial charge in [-0.1, -0.05) is 12.1 Å². The molecule has 0 saturated heterocycles. The zero-order valence-corrected chi connectivity index (χ0v) is 10.00. The molecule has 1 unspecified atom stereocenters. The number of rotatable bonds is 6. The van der Waals surface area contributed by atoms with Gasteiger partial charge >= 0.3 is 6.36 Å². The van der Waals surface area contributed by atoms with E-state index in [0.717, 1.165) is 0 Å². The van der Waals surface area contributed by atoms with Gasteiger partial charge in [-0.2, -0.15) is 0 Å². The summed E-state index contributed by atoms with van der Waals surface area (Å²) in [5, 5.41) is 12.1. The number of aliphatic hydroxyl groups excluding tert-OH is 1. The Morgan fingerprint density at radius 1 is 1.39 bits per heavy atom. The van der Waals surface area contributed by atoms with Crippen LogP contribution < -0.4 is 10.1 Å². The molecule has 0 aliphatic rings. The molecule has 0 fully saturated rings. The molecule has 0 aliphatic carbocycles. The van der Waals surface area contributed by atoms with E-state index in [2.05, 4.69) is 10.1 Å². The van der Waals surface area contributed by atoms with Gasteiger partial charge in [0.2, 0.25) is 0 Å². The fourth-order valence-corrected chi connectivity index (χ4v) is 1.40. The Morgan fingerprint density at radius 3 is 2.72 bits per heavy atom. The first-order valence-electron chi connectivity index (χ1n) is 5.60. The number of hydrogen-bond acceptors (Lipinski definition) is 3. The molecule has 1 aromatic carbocycles. The summed E-state index contributed by atoms with van der Waals surface area (Å²) in [7, 11) is 0. The van der Waals surface area contributed by atoms with Crippen molar-refractivity contribution >= 4 is 0 Å². The maximum atomic E-state index is 12.0. The number of ether oxygens (including phenoxy) is 1. The summed E-state index contributed by atoms with van der Waals surface area (Å²) < 4.78 is 39.8. The summed E-state index contributed by atoms with van der Waals surface area (Å²) in [5.74, 6) is -0.225. The van der Waals surface area contributed by atoms with Crippen LogP contribution in [0.15, 0.2) is 24.3 Å². The Kier molecular flexibility index (Phi) is 5.43. The fourth-order valence-electron chi connectivity index (χ4n) is 1.40. The van der Waals surface area contributed by atoms with Crippen LogP contribution in [-0.2, 0) is 6.54 Å². The molecule has 0 bridgehead atoms. The smallest absolute Gasteiger partial charge is 0.406 e. The number of halogens is 3. The normalized spacial score (nSPS) is 13.4. The van der Waals surface area contributed by atoms with Crippen LogP contribution in [0.2, 0.25) is 0 Å². The van der Waals surface area contributed by atoms with Crippen LogP contribution in [0.4, 0.5) is 13.2 Å². The molecule has 102 valence electrons. The molecule has 6 heteroatoms. The van der Waals surface area contributed by atoms with Crippen molar-refractivity contribution in [1.29, 1.82) is 0 Å². The van der Waals surface area contributed by atoms with Crippen LogP contribution in [0.25, 0.3) is 0 Å². The van der Waals surface area contributed by atoms with E-state index in [1.165, 1.54) is 18.2 Å². The fraction of sp³-hybridized carbons (Fsp3) is 0.500. The molecule has 0 aromatic heterocycles. The minimum Gasteiger partial charge on any atom is -0.406 e. The molecule has 3 nitrogen and oxygen atoms in total. The first-order chi connectivity index (χ1) is 8.37. The van der Waals surface area contributed by atoms with Gasteiger partial charge in [-0.25, -0.2) is 0 Å². The molecule has 1 aromatic rings. The lowest BCUT2D eigenvalue weighted by molar-refractivity contribution is -0.274. The second-order valence-electron chi connectivity index (χ2n) is 4.01. The summed E-state index contributed by atoms with van der Waals surface area (Å²) in [4.78, 5) is 0. The van der Waals surface area contributed by atoms with Crippen molar-refractivity contribution in [2.24, 2.45) is 0 Å². The van der Waals surface area contributed by atoms with Crippen LogP contribution in [0.5, 0.6) is 5.75 Å². The van der Waals surface area contributed by atoms with Crippen molar-refractivity contribution in [2.45, 2.75) is 32.4 Å². The van der Waals surface area contributed by atoms with Crippen LogP contribution in [0.1, 0.15) is 18.9 Å². The molecule has 0 heterocycles. The van der Waals surface area contributed by atoms with Gasteiger partial charge in [0.25, 0.3) is 0 Å². The van der Waals surface area contributed by atoms with E-state index in [-0.39, 0.29) is 5.75 Å². The van der Waals surface area contributed by atoms with Crippen molar-refractivity contribution in [3.8, 4) is 5.75 Å². The number of aliphatic hydroxyl groups is 1. The second kappa shape index (κ2) is 6.61. The van der Waals surface area contributed by atoms with Gasteiger partial charge in [-0.15, -0.1) is 13.2 Å². The summed E-state index contributed by atoms with van der Waals surface area (Å²) in [6, 6.07) is 5.81. The summed E-state index contributed by atoms with van der Waals surface area (Å²) >= 11 is 0. The maximum Gasteiger partial charge on any atom is 0.573 e. The molecule has 0 saturated carbocycles. The highest BCUT2D eigenvalue weighted by Crippen LogP contribution is 2.23. The Labute approximate surface area is 104 Å². The van der Waals surface area contributed by atoms with Crippen molar-refractivity contribution in [3.63, 3.8) is 0 Å². The van der Waals surface area contributed by atoms with Gasteiger partial charge in [-0.05, 0) is 37.6 Å². The Hall–Kier alpha value is -1.27. The minimum absolute atomic E-state index is 0.225. The van der Waals surface area contributed by atoms with E-state index < -0.39 is 12.5 Å². The monoisotopic (exact) mass is 263 g/mol. The topological polar surface area (TPSA) is 41.5 Å². The van der Waals surface area contributed by atoms with E-state index in [9.17, 15) is 13.2 Å². The van der Waals surface area contributed by atoms with Crippen molar-refractivity contribution in [1.82, 2.24) is 5.32 Å². The average Bonchev–Trinajstić information content (AvgIpc) is 2.22. The number of nitrogens with one attached hydrogen (secondary N) is 1. The largest absolute Gasteiger partial charge is 0.573 e. The highest BCUT2D eigenvalue weighted by atomic mass is 19.4. The Balaban J connectivity index is 2.44. The predicted molar refractivity (Wildman–Crippen MR) is 61.1 cm³/mol. The lowest BCUT2D eigenvalue weighted by Crippen LogP contribution is -2.19. The standard InChI is InChI=1S/C12H16F3NO2/c1-9(17)5-6-16-8-10-3-2-4-11(7-10)18-12(13,14)15/h2-4,7,9,16-17H,5-6,8H2,1H3. The maximum absolute atomic E-state index is 12.0. The molecule has 0 amide bonds. The Bertz CT molecular complexity index is 367. The molecular weight excluding hydrogens is 247 g/mol. The third kappa shape index (κ3) is 6.46. The molecule has 0 aliphatic heterocycles. The van der Waals surface area contributed by atoms with Crippen LogP contribution in [0, 0.1) is 0 Å². The minimum atomic E-state index is -4.67. The number of benzene rings is 1. The van der Waals surface area contributed by atoms with Crippen LogP contribution in [0.3, 0.4) is 0 Å². The van der Waals surface area contributed by atoms with E-state index in [1.807, 2.05) is 0 Å². The van der Waals surface area contributed by atoms with E-state index in [1.54, 1.807) is 13.0 Å². The predicted octanol–water partition coefficient (Wildman–Crippen LogP) is 2.45. The van der Waals surface area contributed by atoms with Crippen molar-refractivity contribution < 1.29 is 23.0 Å². The van der Waals surface area contributed by atoms with Gasteiger partial charge in [0.05, 0.1) is 6.10 Å². The van der Waals surface area contributed by atoms with Crippen molar-refractivity contribution in [2.75, 3.05) is 6.54 Å². The first kappa shape index (κ1) is 14.8. The summed E-state index contributed by atoms with van der Waals surface area (Å²) in [6.45, 7) is 2.71. The third-order valence-electron chi connectivity index (χ3n) is 2.20. The molecule has 1 atom stereocenters. The highest BCUT2D eigenvalue weighted by molar-refractivity contribution is 5.28. The zero-order chi connectivity index (χ0) is 13.6. The quantitative estimate of drug-likeness (QED) is 0.775. The number of alkyl halides is 3. The van der Waals surface area contributed by atoms with Crippen LogP contribution >= 0.6 is 0 Å². The number of hydrogen-bond donors (Lipinski definition) is 2. The van der Waals surface area contributed by atoms with Gasteiger partial charge in [-0.3, -0.25) is 0 Å². The van der Waals surface area contributed by atoms with E-state index >= 15 is 0 Å². The lowest BCUT2D eigenvalue weighted by Gasteiger charge is -2.10. The molecule has 1 rings (SSSR count). The average molecular weight is 263 g/mol. The molecule has 0 spiro atoms. The Morgan fingerprint density at radius 2 is 2.11 bits per heavy atom. The summed E-state index contributed by atoms with van der Waals surface area (Å²) in [5.41, 5.74) is 0.697. The molecule has 2 N–H and O–H groups in total. The van der Waals surface area contributed by atoms with Gasteiger partial charge in [0.15, 0.2) is 0 Å². The SMILES string of the molecule is CC(O)CCNCc1cccc(OC(F)(F)F)c1. The van der Waals surface area contributed by atoms with Gasteiger partial charge in [0, 0.05) is 6.54 Å². The van der Waals surface area contributed by atoms with Crippen LogP contribution in [-0.4, -0.2) is 24.1 Å². The highest BCUT2D eigenvalue weighted by Gasteiger charge is 2.31. The molecule has 18 heavy (non-hydrogen) atoms. The third-order valence-corrected chi connectivity index (χ3v) is 2.20. The zero-order valence-electron chi connectivity index (χ0n) is 10.00. The first-order valence-corrected chi connectivity index (χ1v) is 5.60. The van der Waals surface area contributed by atoms with E-state index in [4.69, 9.17) is 5.11 Å².